The van der Waals surface area contributed by atoms with E-state index in [9.17, 15) is 96.6 Å². The van der Waals surface area contributed by atoms with Crippen molar-refractivity contribution in [3.63, 3.8) is 0 Å². The van der Waals surface area contributed by atoms with Gasteiger partial charge in [0, 0.05) is 0 Å². The Morgan fingerprint density at radius 3 is 0.919 bits per heavy atom. The van der Waals surface area contributed by atoms with Gasteiger partial charge in [-0.05, 0) is 0 Å². The number of aliphatic hydroxyl groups is 2. The molecular weight excluding hydrogens is 606 g/mol. The average Bonchev–Trinajstić information content (AvgIpc) is 2.70. The van der Waals surface area contributed by atoms with Crippen LogP contribution in [0.25, 0.3) is 0 Å². The summed E-state index contributed by atoms with van der Waals surface area (Å²) in [6.45, 7) is -2.57. The highest BCUT2D eigenvalue weighted by atomic mass is 19.4. The van der Waals surface area contributed by atoms with Crippen LogP contribution in [0.1, 0.15) is 0 Å². The van der Waals surface area contributed by atoms with E-state index in [4.69, 9.17) is 10.2 Å². The smallest absolute Gasteiger partial charge is 0.393 e. The van der Waals surface area contributed by atoms with Crippen LogP contribution in [0.4, 0.5) is 96.6 Å². The fourth-order valence-electron chi connectivity index (χ4n) is 2.06. The van der Waals surface area contributed by atoms with E-state index in [1.165, 1.54) is 0 Å². The van der Waals surface area contributed by atoms with Gasteiger partial charge in [-0.15, -0.1) is 0 Å². The van der Waals surface area contributed by atoms with Gasteiger partial charge in [-0.3, -0.25) is 0 Å². The van der Waals surface area contributed by atoms with E-state index in [1.54, 1.807) is 0 Å². The zero-order valence-corrected chi connectivity index (χ0v) is 16.1. The Bertz CT molecular complexity index is 812. The van der Waals surface area contributed by atoms with Gasteiger partial charge in [0.25, 0.3) is 0 Å². The van der Waals surface area contributed by atoms with Crippen LogP contribution in [0.2, 0.25) is 0 Å². The molecule has 0 heterocycles. The summed E-state index contributed by atoms with van der Waals surface area (Å²) in [5.74, 6) is -78.0. The molecule has 2 N–H and O–H groups in total. The van der Waals surface area contributed by atoms with Crippen molar-refractivity contribution in [3.8, 4) is 0 Å². The lowest BCUT2D eigenvalue weighted by molar-refractivity contribution is -0.471. The second-order valence-electron chi connectivity index (χ2n) is 6.88. The minimum Gasteiger partial charge on any atom is -0.393 e. The van der Waals surface area contributed by atoms with Crippen molar-refractivity contribution in [1.82, 2.24) is 0 Å². The van der Waals surface area contributed by atoms with E-state index < -0.39 is 78.4 Å². The van der Waals surface area contributed by atoms with Crippen LogP contribution >= 0.6 is 0 Å². The molecule has 0 fully saturated rings. The van der Waals surface area contributed by atoms with Gasteiger partial charge in [-0.2, -0.15) is 83.4 Å². The monoisotopic (exact) mass is 612 g/mol. The average molecular weight is 612 g/mol. The van der Waals surface area contributed by atoms with Crippen molar-refractivity contribution >= 4 is 0 Å². The summed E-state index contributed by atoms with van der Waals surface area (Å²) in [5.41, 5.74) is 0. The number of rotatable bonds is 11. The molecule has 0 aliphatic rings. The van der Waals surface area contributed by atoms with Gasteiger partial charge in [0.1, 0.15) is 6.10 Å². The largest absolute Gasteiger partial charge is 0.460 e. The molecule has 0 rings (SSSR count). The van der Waals surface area contributed by atoms with Crippen LogP contribution in [0, 0.1) is 0 Å². The molecule has 224 valence electrons. The molecule has 0 amide bonds. The second-order valence-corrected chi connectivity index (χ2v) is 6.88. The maximum Gasteiger partial charge on any atom is 0.460 e. The van der Waals surface area contributed by atoms with E-state index in [0.717, 1.165) is 0 Å². The molecule has 0 saturated heterocycles. The molecule has 2 nitrogen and oxygen atoms in total. The molecule has 0 aliphatic carbocycles. The maximum absolute atomic E-state index is 13.5. The van der Waals surface area contributed by atoms with E-state index in [1.807, 2.05) is 0 Å². The number of halogens is 22. The van der Waals surface area contributed by atoms with Crippen molar-refractivity contribution in [2.75, 3.05) is 6.61 Å². The van der Waals surface area contributed by atoms with Crippen molar-refractivity contribution in [3.05, 3.63) is 0 Å². The number of aliphatic hydroxyl groups excluding tert-OH is 2. The minimum absolute atomic E-state index is 2.57. The fraction of sp³-hybridized carbons (Fsp3) is 1.00. The Kier molecular flexibility index (Phi) is 8.57. The SMILES string of the molecule is OCC(O)C(F)(F)C(F)C(F)(F)C(F)(F)C(F)(F)C(F)(F)C(F)(F)C(F)(F)C(F)(F)C(F)(F)C(F)(F)F. The molecule has 2 atom stereocenters. The lowest BCUT2D eigenvalue weighted by Crippen LogP contribution is -2.76. The van der Waals surface area contributed by atoms with Crippen LogP contribution in [-0.2, 0) is 0 Å². The summed E-state index contributed by atoms with van der Waals surface area (Å²) in [6, 6.07) is 0. The number of hydrogen-bond acceptors (Lipinski definition) is 2. The molecule has 0 aromatic carbocycles. The van der Waals surface area contributed by atoms with Crippen molar-refractivity contribution in [2.24, 2.45) is 0 Å². The Morgan fingerprint density at radius 2 is 0.676 bits per heavy atom. The second kappa shape index (κ2) is 8.96. The minimum atomic E-state index is -9.29. The molecule has 0 saturated carbocycles. The topological polar surface area (TPSA) is 40.5 Å². The Labute approximate surface area is 186 Å². The highest BCUT2D eigenvalue weighted by Crippen LogP contribution is 2.65. The first kappa shape index (κ1) is 35.4. The third-order valence-corrected chi connectivity index (χ3v) is 4.41. The highest BCUT2D eigenvalue weighted by Gasteiger charge is 2.97. The summed E-state index contributed by atoms with van der Waals surface area (Å²) < 4.78 is 287. The molecule has 0 aliphatic heterocycles. The Balaban J connectivity index is 7.06. The number of hydrogen-bond donors (Lipinski definition) is 2. The third kappa shape index (κ3) is 4.41. The van der Waals surface area contributed by atoms with Gasteiger partial charge in [0.2, 0.25) is 6.17 Å². The normalized spacial score (nSPS) is 18.2. The third-order valence-electron chi connectivity index (χ3n) is 4.41. The molecule has 0 aromatic rings. The molecule has 2 unspecified atom stereocenters. The Morgan fingerprint density at radius 1 is 0.432 bits per heavy atom. The van der Waals surface area contributed by atoms with E-state index in [2.05, 4.69) is 0 Å². The van der Waals surface area contributed by atoms with Crippen molar-refractivity contribution < 1.29 is 107 Å². The summed E-state index contributed by atoms with van der Waals surface area (Å²) in [7, 11) is 0. The number of alkyl halides is 22. The van der Waals surface area contributed by atoms with Crippen LogP contribution in [-0.4, -0.2) is 88.6 Å². The van der Waals surface area contributed by atoms with Gasteiger partial charge in [-0.1, -0.05) is 0 Å². The lowest BCUT2D eigenvalue weighted by atomic mass is 9.85. The molecule has 37 heavy (non-hydrogen) atoms. The van der Waals surface area contributed by atoms with Gasteiger partial charge in [0.05, 0.1) is 6.61 Å². The summed E-state index contributed by atoms with van der Waals surface area (Å²) in [5, 5.41) is 16.5. The summed E-state index contributed by atoms with van der Waals surface area (Å²) >= 11 is 0. The first-order valence-electron chi connectivity index (χ1n) is 8.04. The first-order valence-corrected chi connectivity index (χ1v) is 8.04. The van der Waals surface area contributed by atoms with Crippen LogP contribution in [0.15, 0.2) is 0 Å². The van der Waals surface area contributed by atoms with Crippen LogP contribution in [0.3, 0.4) is 0 Å². The molecule has 0 aromatic heterocycles. The summed E-state index contributed by atoms with van der Waals surface area (Å²) in [6.07, 6.45) is -18.7. The molecule has 0 radical (unpaired) electrons. The van der Waals surface area contributed by atoms with E-state index >= 15 is 0 Å². The van der Waals surface area contributed by atoms with E-state index in [-0.39, 0.29) is 0 Å². The molecule has 24 heteroatoms. The Hall–Kier alpha value is -1.62. The highest BCUT2D eigenvalue weighted by molar-refractivity contribution is 5.18. The summed E-state index contributed by atoms with van der Waals surface area (Å²) in [4.78, 5) is 0. The van der Waals surface area contributed by atoms with Gasteiger partial charge < -0.3 is 10.2 Å². The fourth-order valence-corrected chi connectivity index (χ4v) is 2.06. The van der Waals surface area contributed by atoms with Crippen molar-refractivity contribution in [1.29, 1.82) is 0 Å². The quantitative estimate of drug-likeness (QED) is 0.283. The zero-order chi connectivity index (χ0) is 30.9. The van der Waals surface area contributed by atoms with Crippen LogP contribution < -0.4 is 0 Å². The lowest BCUT2D eigenvalue weighted by Gasteiger charge is -2.44. The molecular formula is C13H6F22O2. The predicted molar refractivity (Wildman–Crippen MR) is 68.6 cm³/mol. The molecule has 0 bridgehead atoms. The van der Waals surface area contributed by atoms with Gasteiger partial charge in [-0.25, -0.2) is 13.2 Å². The maximum atomic E-state index is 13.5. The standard InChI is InChI=1S/C13H6F22O2/c14-3(4(15,16)2(37)1-36)5(17,18)6(19,20)7(21,22)8(23,24)9(25,26)10(27,28)11(29,30)12(31,32)13(33,34)35/h2-3,36-37H,1H2. The zero-order valence-electron chi connectivity index (χ0n) is 16.1. The molecule has 0 spiro atoms. The van der Waals surface area contributed by atoms with Gasteiger partial charge >= 0.3 is 59.5 Å². The predicted octanol–water partition coefficient (Wildman–Crippen LogP) is 5.96. The van der Waals surface area contributed by atoms with Crippen molar-refractivity contribution in [2.45, 2.75) is 71.8 Å². The van der Waals surface area contributed by atoms with Gasteiger partial charge in [0.15, 0.2) is 0 Å². The van der Waals surface area contributed by atoms with Crippen LogP contribution in [0.5, 0.6) is 0 Å². The van der Waals surface area contributed by atoms with E-state index in [0.29, 0.717) is 0 Å². The first-order chi connectivity index (χ1) is 15.6.